The summed E-state index contributed by atoms with van der Waals surface area (Å²) in [5.41, 5.74) is 1.11. The predicted molar refractivity (Wildman–Crippen MR) is 112 cm³/mol. The van der Waals surface area contributed by atoms with Crippen LogP contribution in [0.15, 0.2) is 61.1 Å². The minimum absolute atomic E-state index is 0.175. The van der Waals surface area contributed by atoms with Crippen LogP contribution in [0, 0.1) is 6.92 Å². The molecule has 1 aromatic carbocycles. The molecule has 0 radical (unpaired) electrons. The lowest BCUT2D eigenvalue weighted by molar-refractivity contribution is -0.127. The number of benzene rings is 1. The fourth-order valence-corrected chi connectivity index (χ4v) is 2.53. The third-order valence-corrected chi connectivity index (χ3v) is 3.99. The number of carbonyl (C=O) groups is 1. The molecule has 0 saturated carbocycles. The minimum Gasteiger partial charge on any atom is -0.481 e. The van der Waals surface area contributed by atoms with Crippen LogP contribution in [0.4, 0.5) is 17.5 Å². The van der Waals surface area contributed by atoms with Crippen LogP contribution in [0.1, 0.15) is 12.5 Å². The molecule has 2 heterocycles. The monoisotopic (exact) mass is 392 g/mol. The Morgan fingerprint density at radius 3 is 2.55 bits per heavy atom. The topological polar surface area (TPSA) is 101 Å². The Hall–Kier alpha value is -3.68. The zero-order chi connectivity index (χ0) is 20.5. The van der Waals surface area contributed by atoms with E-state index in [4.69, 9.17) is 4.74 Å². The first-order chi connectivity index (χ1) is 14.1. The van der Waals surface area contributed by atoms with Crippen LogP contribution in [-0.2, 0) is 4.79 Å². The summed E-state index contributed by atoms with van der Waals surface area (Å²) in [5, 5.41) is 9.14. The number of hydrogen-bond acceptors (Lipinski definition) is 7. The van der Waals surface area contributed by atoms with Crippen molar-refractivity contribution in [3.8, 4) is 5.75 Å². The van der Waals surface area contributed by atoms with Gasteiger partial charge >= 0.3 is 0 Å². The van der Waals surface area contributed by atoms with Crippen LogP contribution < -0.4 is 20.7 Å². The molecule has 150 valence electrons. The highest BCUT2D eigenvalue weighted by molar-refractivity contribution is 5.80. The normalized spacial score (nSPS) is 11.4. The first kappa shape index (κ1) is 20.1. The summed E-state index contributed by atoms with van der Waals surface area (Å²) in [5.74, 6) is 2.49. The van der Waals surface area contributed by atoms with Gasteiger partial charge in [-0.1, -0.05) is 18.2 Å². The lowest BCUT2D eigenvalue weighted by Gasteiger charge is -2.15. The molecule has 8 nitrogen and oxygen atoms in total. The van der Waals surface area contributed by atoms with Crippen LogP contribution in [0.3, 0.4) is 0 Å². The molecule has 3 rings (SSSR count). The first-order valence-electron chi connectivity index (χ1n) is 9.35. The summed E-state index contributed by atoms with van der Waals surface area (Å²) >= 11 is 0. The van der Waals surface area contributed by atoms with Gasteiger partial charge in [-0.05, 0) is 43.7 Å². The molecule has 1 unspecified atom stereocenters. The van der Waals surface area contributed by atoms with Gasteiger partial charge in [0.2, 0.25) is 0 Å². The van der Waals surface area contributed by atoms with E-state index in [0.29, 0.717) is 36.3 Å². The molecule has 1 amide bonds. The van der Waals surface area contributed by atoms with Crippen molar-refractivity contribution in [2.75, 3.05) is 23.7 Å². The van der Waals surface area contributed by atoms with Crippen molar-refractivity contribution >= 4 is 23.4 Å². The van der Waals surface area contributed by atoms with Gasteiger partial charge in [0.05, 0.1) is 0 Å². The molecule has 0 saturated heterocycles. The van der Waals surface area contributed by atoms with E-state index in [0.717, 1.165) is 5.56 Å². The number of amides is 1. The first-order valence-corrected chi connectivity index (χ1v) is 9.35. The van der Waals surface area contributed by atoms with Gasteiger partial charge < -0.3 is 20.7 Å². The number of pyridine rings is 1. The van der Waals surface area contributed by atoms with Crippen LogP contribution >= 0.6 is 0 Å². The number of nitrogens with one attached hydrogen (secondary N) is 3. The SMILES string of the molecule is Cc1ccnc(Nc2cc(NCCNC(=O)C(C)Oc3ccccc3)ncn2)c1. The van der Waals surface area contributed by atoms with Crippen LogP contribution in [-0.4, -0.2) is 40.1 Å². The Bertz CT molecular complexity index is 935. The number of anilines is 3. The second-order valence-corrected chi connectivity index (χ2v) is 6.42. The Labute approximate surface area is 169 Å². The predicted octanol–water partition coefficient (Wildman–Crippen LogP) is 2.92. The van der Waals surface area contributed by atoms with E-state index < -0.39 is 6.10 Å². The van der Waals surface area contributed by atoms with E-state index in [1.807, 2.05) is 49.4 Å². The van der Waals surface area contributed by atoms with Crippen molar-refractivity contribution in [2.45, 2.75) is 20.0 Å². The van der Waals surface area contributed by atoms with Crippen molar-refractivity contribution < 1.29 is 9.53 Å². The third kappa shape index (κ3) is 6.46. The van der Waals surface area contributed by atoms with E-state index in [1.165, 1.54) is 6.33 Å². The van der Waals surface area contributed by atoms with Crippen LogP contribution in [0.5, 0.6) is 5.75 Å². The molecule has 0 fully saturated rings. The highest BCUT2D eigenvalue weighted by atomic mass is 16.5. The number of para-hydroxylation sites is 1. The maximum absolute atomic E-state index is 12.1. The lowest BCUT2D eigenvalue weighted by atomic mass is 10.3. The quantitative estimate of drug-likeness (QED) is 0.481. The average Bonchev–Trinajstić information content (AvgIpc) is 2.72. The minimum atomic E-state index is -0.575. The van der Waals surface area contributed by atoms with E-state index >= 15 is 0 Å². The molecule has 29 heavy (non-hydrogen) atoms. The summed E-state index contributed by atoms with van der Waals surface area (Å²) in [6.07, 6.45) is 2.63. The van der Waals surface area contributed by atoms with Gasteiger partial charge in [0.25, 0.3) is 5.91 Å². The molecule has 0 bridgehead atoms. The largest absolute Gasteiger partial charge is 0.481 e. The number of aromatic nitrogens is 3. The number of nitrogens with zero attached hydrogens (tertiary/aromatic N) is 3. The number of ether oxygens (including phenoxy) is 1. The van der Waals surface area contributed by atoms with Gasteiger partial charge in [-0.2, -0.15) is 0 Å². The zero-order valence-corrected chi connectivity index (χ0v) is 16.4. The Morgan fingerprint density at radius 1 is 1.00 bits per heavy atom. The van der Waals surface area contributed by atoms with Gasteiger partial charge in [0.1, 0.15) is 29.5 Å². The lowest BCUT2D eigenvalue weighted by Crippen LogP contribution is -2.38. The molecular weight excluding hydrogens is 368 g/mol. The number of hydrogen-bond donors (Lipinski definition) is 3. The maximum Gasteiger partial charge on any atom is 0.260 e. The Kier molecular flexibility index (Phi) is 6.94. The average molecular weight is 392 g/mol. The molecular formula is C21H24N6O2. The van der Waals surface area contributed by atoms with Gasteiger partial charge in [-0.25, -0.2) is 15.0 Å². The highest BCUT2D eigenvalue weighted by Crippen LogP contribution is 2.15. The van der Waals surface area contributed by atoms with Crippen LogP contribution in [0.2, 0.25) is 0 Å². The highest BCUT2D eigenvalue weighted by Gasteiger charge is 2.13. The third-order valence-electron chi connectivity index (χ3n) is 3.99. The van der Waals surface area contributed by atoms with E-state index in [1.54, 1.807) is 19.2 Å². The van der Waals surface area contributed by atoms with Gasteiger partial charge in [0.15, 0.2) is 6.10 Å². The van der Waals surface area contributed by atoms with Gasteiger partial charge in [-0.3, -0.25) is 4.79 Å². The molecule has 2 aromatic heterocycles. The van der Waals surface area contributed by atoms with E-state index in [-0.39, 0.29) is 5.91 Å². The second kappa shape index (κ2) is 10.0. The van der Waals surface area contributed by atoms with Crippen molar-refractivity contribution in [1.29, 1.82) is 0 Å². The molecule has 0 aliphatic rings. The van der Waals surface area contributed by atoms with E-state index in [2.05, 4.69) is 30.9 Å². The fraction of sp³-hybridized carbons (Fsp3) is 0.238. The molecule has 0 aliphatic heterocycles. The Morgan fingerprint density at radius 2 is 1.76 bits per heavy atom. The van der Waals surface area contributed by atoms with Crippen molar-refractivity contribution in [2.24, 2.45) is 0 Å². The number of aryl methyl sites for hydroxylation is 1. The summed E-state index contributed by atoms with van der Waals surface area (Å²) in [4.78, 5) is 24.8. The smallest absolute Gasteiger partial charge is 0.260 e. The fourth-order valence-electron chi connectivity index (χ4n) is 2.53. The van der Waals surface area contributed by atoms with Gasteiger partial charge in [-0.15, -0.1) is 0 Å². The standard InChI is InChI=1S/C21H24N6O2/c1-15-8-9-22-19(12-15)27-20-13-18(25-14-26-20)23-10-11-24-21(28)16(2)29-17-6-4-3-5-7-17/h3-9,12-14,16H,10-11H2,1-2H3,(H,24,28)(H2,22,23,25,26,27). The van der Waals surface area contributed by atoms with Gasteiger partial charge in [0, 0.05) is 25.4 Å². The number of carbonyl (C=O) groups excluding carboxylic acids is 1. The molecule has 0 aliphatic carbocycles. The number of rotatable bonds is 9. The van der Waals surface area contributed by atoms with Crippen molar-refractivity contribution in [3.63, 3.8) is 0 Å². The molecule has 3 aromatic rings. The summed E-state index contributed by atoms with van der Waals surface area (Å²) in [6.45, 7) is 4.67. The maximum atomic E-state index is 12.1. The van der Waals surface area contributed by atoms with Crippen molar-refractivity contribution in [1.82, 2.24) is 20.3 Å². The molecule has 0 spiro atoms. The Balaban J connectivity index is 1.42. The zero-order valence-electron chi connectivity index (χ0n) is 16.4. The van der Waals surface area contributed by atoms with E-state index in [9.17, 15) is 4.79 Å². The summed E-state index contributed by atoms with van der Waals surface area (Å²) < 4.78 is 5.60. The summed E-state index contributed by atoms with van der Waals surface area (Å²) in [6, 6.07) is 14.9. The van der Waals surface area contributed by atoms with Crippen LogP contribution in [0.25, 0.3) is 0 Å². The second-order valence-electron chi connectivity index (χ2n) is 6.42. The molecule has 1 atom stereocenters. The van der Waals surface area contributed by atoms with Crippen molar-refractivity contribution in [3.05, 3.63) is 66.6 Å². The summed E-state index contributed by atoms with van der Waals surface area (Å²) in [7, 11) is 0. The molecule has 3 N–H and O–H groups in total. The molecule has 8 heteroatoms.